The van der Waals surface area contributed by atoms with Crippen molar-refractivity contribution in [3.05, 3.63) is 48.0 Å². The largest absolute Gasteiger partial charge is 0.478 e. The molecule has 7 nitrogen and oxygen atoms in total. The number of carbonyl (C=O) groups is 3. The predicted molar refractivity (Wildman–Crippen MR) is 114 cm³/mol. The molecular weight excluding hydrogens is 386 g/mol. The molecule has 1 aromatic rings. The van der Waals surface area contributed by atoms with Crippen LogP contribution < -0.4 is 0 Å². The van der Waals surface area contributed by atoms with Crippen LogP contribution in [-0.2, 0) is 19.1 Å². The molecule has 1 aromatic carbocycles. The molecule has 1 saturated carbocycles. The van der Waals surface area contributed by atoms with Gasteiger partial charge < -0.3 is 19.8 Å². The van der Waals surface area contributed by atoms with E-state index < -0.39 is 11.9 Å². The lowest BCUT2D eigenvalue weighted by Crippen LogP contribution is -2.51. The van der Waals surface area contributed by atoms with E-state index in [9.17, 15) is 14.4 Å². The van der Waals surface area contributed by atoms with Crippen LogP contribution in [0.15, 0.2) is 42.5 Å². The minimum absolute atomic E-state index is 0.159. The Morgan fingerprint density at radius 1 is 1.13 bits per heavy atom. The lowest BCUT2D eigenvalue weighted by atomic mass is 9.66. The zero-order chi connectivity index (χ0) is 22.7. The first-order valence-corrected chi connectivity index (χ1v) is 10.1. The maximum absolute atomic E-state index is 11.8. The number of hydrogen-bond acceptors (Lipinski definition) is 5. The Labute approximate surface area is 178 Å². The fourth-order valence-corrected chi connectivity index (χ4v) is 4.23. The number of ether oxygens (including phenoxy) is 1. The highest BCUT2D eigenvalue weighted by Crippen LogP contribution is 2.48. The van der Waals surface area contributed by atoms with Gasteiger partial charge in [-0.15, -0.1) is 0 Å². The van der Waals surface area contributed by atoms with Crippen molar-refractivity contribution in [3.8, 4) is 0 Å². The molecule has 166 valence electrons. The summed E-state index contributed by atoms with van der Waals surface area (Å²) in [6.07, 6.45) is 5.51. The molecule has 1 aliphatic rings. The van der Waals surface area contributed by atoms with Crippen molar-refractivity contribution in [3.63, 3.8) is 0 Å². The molecule has 2 N–H and O–H groups in total. The highest BCUT2D eigenvalue weighted by molar-refractivity contribution is 5.89. The summed E-state index contributed by atoms with van der Waals surface area (Å²) >= 11 is 0. The number of benzene rings is 1. The van der Waals surface area contributed by atoms with E-state index >= 15 is 0 Å². The minimum Gasteiger partial charge on any atom is -0.478 e. The molecule has 3 atom stereocenters. The quantitative estimate of drug-likeness (QED) is 0.514. The third-order valence-electron chi connectivity index (χ3n) is 5.28. The van der Waals surface area contributed by atoms with Crippen LogP contribution in [0.4, 0.5) is 0 Å². The highest BCUT2D eigenvalue weighted by atomic mass is 16.6. The van der Waals surface area contributed by atoms with Crippen molar-refractivity contribution in [2.24, 2.45) is 5.92 Å². The first-order chi connectivity index (χ1) is 14.1. The molecule has 0 spiro atoms. The van der Waals surface area contributed by atoms with Gasteiger partial charge in [-0.1, -0.05) is 43.7 Å². The molecular formula is C23H33NO6. The van der Waals surface area contributed by atoms with Crippen LogP contribution in [0, 0.1) is 5.92 Å². The normalized spacial score (nSPS) is 22.1. The summed E-state index contributed by atoms with van der Waals surface area (Å²) in [6, 6.07) is 10.6. The smallest absolute Gasteiger partial charge is 0.328 e. The van der Waals surface area contributed by atoms with Crippen molar-refractivity contribution >= 4 is 17.9 Å². The van der Waals surface area contributed by atoms with Crippen LogP contribution in [-0.4, -0.2) is 59.3 Å². The summed E-state index contributed by atoms with van der Waals surface area (Å²) in [5.41, 5.74) is 0.921. The van der Waals surface area contributed by atoms with E-state index in [0.717, 1.165) is 25.8 Å². The summed E-state index contributed by atoms with van der Waals surface area (Å²) in [6.45, 7) is 4.70. The molecule has 0 amide bonds. The van der Waals surface area contributed by atoms with E-state index in [2.05, 4.69) is 50.2 Å². The second kappa shape index (κ2) is 12.1. The van der Waals surface area contributed by atoms with Gasteiger partial charge in [0.25, 0.3) is 0 Å². The molecule has 1 fully saturated rings. The lowest BCUT2D eigenvalue weighted by molar-refractivity contribution is -0.172. The maximum atomic E-state index is 11.8. The van der Waals surface area contributed by atoms with Crippen molar-refractivity contribution in [1.29, 1.82) is 0 Å². The number of hydrogen-bond donors (Lipinski definition) is 2. The van der Waals surface area contributed by atoms with Crippen LogP contribution in [0.1, 0.15) is 51.0 Å². The van der Waals surface area contributed by atoms with E-state index in [1.54, 1.807) is 6.92 Å². The van der Waals surface area contributed by atoms with Gasteiger partial charge in [0.05, 0.1) is 0 Å². The SMILES string of the molecule is CC(=O)OC1(C(C)CN(C)C)CCCCC1c1ccccc1.O=C(O)/C=C\C(=O)O. The van der Waals surface area contributed by atoms with Gasteiger partial charge in [0, 0.05) is 37.5 Å². The number of aliphatic carboxylic acids is 2. The topological polar surface area (TPSA) is 104 Å². The van der Waals surface area contributed by atoms with Gasteiger partial charge in [0.1, 0.15) is 5.60 Å². The van der Waals surface area contributed by atoms with Crippen LogP contribution in [0.3, 0.4) is 0 Å². The molecule has 0 radical (unpaired) electrons. The molecule has 2 rings (SSSR count). The average Bonchev–Trinajstić information content (AvgIpc) is 2.67. The summed E-state index contributed by atoms with van der Waals surface area (Å²) < 4.78 is 6.04. The second-order valence-corrected chi connectivity index (χ2v) is 7.93. The number of carboxylic acids is 2. The van der Waals surface area contributed by atoms with Crippen LogP contribution in [0.25, 0.3) is 0 Å². The van der Waals surface area contributed by atoms with Gasteiger partial charge >= 0.3 is 17.9 Å². The van der Waals surface area contributed by atoms with E-state index in [1.807, 2.05) is 6.07 Å². The molecule has 0 bridgehead atoms. The first-order valence-electron chi connectivity index (χ1n) is 10.1. The zero-order valence-electron chi connectivity index (χ0n) is 18.2. The van der Waals surface area contributed by atoms with Gasteiger partial charge in [0.2, 0.25) is 0 Å². The maximum Gasteiger partial charge on any atom is 0.328 e. The third kappa shape index (κ3) is 7.99. The Kier molecular flexibility index (Phi) is 10.3. The Morgan fingerprint density at radius 3 is 2.17 bits per heavy atom. The molecule has 1 aliphatic carbocycles. The zero-order valence-corrected chi connectivity index (χ0v) is 18.2. The average molecular weight is 420 g/mol. The van der Waals surface area contributed by atoms with E-state index in [-0.39, 0.29) is 11.6 Å². The number of nitrogens with zero attached hydrogens (tertiary/aromatic N) is 1. The van der Waals surface area contributed by atoms with Gasteiger partial charge in [-0.25, -0.2) is 9.59 Å². The molecule has 0 aliphatic heterocycles. The fourth-order valence-electron chi connectivity index (χ4n) is 4.23. The van der Waals surface area contributed by atoms with Gasteiger partial charge in [-0.3, -0.25) is 4.79 Å². The van der Waals surface area contributed by atoms with E-state index in [1.165, 1.54) is 12.0 Å². The standard InChI is InChI=1S/C19H29NO2.C4H4O4/c1-15(14-20(3)4)19(22-16(2)21)13-9-8-12-18(19)17-10-6-5-7-11-17;5-3(6)1-2-4(7)8/h5-7,10-11,15,18H,8-9,12-14H2,1-4H3;1-2H,(H,5,6)(H,7,8)/b;2-1-. The van der Waals surface area contributed by atoms with Crippen molar-refractivity contribution in [1.82, 2.24) is 4.90 Å². The number of rotatable bonds is 7. The van der Waals surface area contributed by atoms with Gasteiger partial charge in [0.15, 0.2) is 0 Å². The summed E-state index contributed by atoms with van der Waals surface area (Å²) in [7, 11) is 4.16. The van der Waals surface area contributed by atoms with Gasteiger partial charge in [-0.2, -0.15) is 0 Å². The second-order valence-electron chi connectivity index (χ2n) is 7.93. The van der Waals surface area contributed by atoms with Crippen LogP contribution >= 0.6 is 0 Å². The lowest BCUT2D eigenvalue weighted by Gasteiger charge is -2.48. The van der Waals surface area contributed by atoms with Crippen molar-refractivity contribution in [2.75, 3.05) is 20.6 Å². The van der Waals surface area contributed by atoms with Crippen molar-refractivity contribution < 1.29 is 29.3 Å². The third-order valence-corrected chi connectivity index (χ3v) is 5.28. The Morgan fingerprint density at radius 2 is 1.70 bits per heavy atom. The Hall–Kier alpha value is -2.67. The summed E-state index contributed by atoms with van der Waals surface area (Å²) in [4.78, 5) is 33.1. The first kappa shape index (κ1) is 25.4. The molecule has 0 heterocycles. The highest BCUT2D eigenvalue weighted by Gasteiger charge is 2.48. The fraction of sp³-hybridized carbons (Fsp3) is 0.522. The molecule has 0 saturated heterocycles. The monoisotopic (exact) mass is 419 g/mol. The predicted octanol–water partition coefficient (Wildman–Crippen LogP) is 3.56. The number of esters is 1. The van der Waals surface area contributed by atoms with E-state index in [0.29, 0.717) is 24.0 Å². The molecule has 7 heteroatoms. The number of carbonyl (C=O) groups excluding carboxylic acids is 1. The summed E-state index contributed by atoms with van der Waals surface area (Å²) in [5, 5.41) is 15.6. The minimum atomic E-state index is -1.26. The van der Waals surface area contributed by atoms with Crippen LogP contribution in [0.2, 0.25) is 0 Å². The van der Waals surface area contributed by atoms with Gasteiger partial charge in [-0.05, 0) is 38.9 Å². The Bertz CT molecular complexity index is 714. The van der Waals surface area contributed by atoms with Crippen LogP contribution in [0.5, 0.6) is 0 Å². The number of carboxylic acid groups (broad SMARTS) is 2. The molecule has 30 heavy (non-hydrogen) atoms. The molecule has 0 aromatic heterocycles. The molecule has 3 unspecified atom stereocenters. The Balaban J connectivity index is 0.000000479. The van der Waals surface area contributed by atoms with Crippen molar-refractivity contribution in [2.45, 2.75) is 51.0 Å². The summed E-state index contributed by atoms with van der Waals surface area (Å²) in [5.74, 6) is -2.08. The van der Waals surface area contributed by atoms with E-state index in [4.69, 9.17) is 14.9 Å².